The van der Waals surface area contributed by atoms with E-state index < -0.39 is 0 Å². The van der Waals surface area contributed by atoms with E-state index in [1.165, 1.54) is 12.1 Å². The lowest BCUT2D eigenvalue weighted by molar-refractivity contribution is 0.162. The molecule has 0 aliphatic carbocycles. The standard InChI is InChI=1S/C18H31FN4O2.HI/c1-5-20-18(21-9-10-23(3)11-12-24-4)22-14-15(2)25-17-8-6-7-16(19)13-17;/h6-8,13,15H,5,9-12,14H2,1-4H3,(H2,20,21,22);1H. The summed E-state index contributed by atoms with van der Waals surface area (Å²) in [6.07, 6.45) is -0.151. The Balaban J connectivity index is 0.00000625. The summed E-state index contributed by atoms with van der Waals surface area (Å²) in [6.45, 7) is 8.49. The molecule has 8 heteroatoms. The molecule has 2 N–H and O–H groups in total. The average molecular weight is 482 g/mol. The van der Waals surface area contributed by atoms with Gasteiger partial charge in [-0.25, -0.2) is 9.38 Å². The quantitative estimate of drug-likeness (QED) is 0.288. The molecule has 1 rings (SSSR count). The molecule has 0 aromatic heterocycles. The summed E-state index contributed by atoms with van der Waals surface area (Å²) in [4.78, 5) is 6.71. The maximum Gasteiger partial charge on any atom is 0.191 e. The molecule has 0 aliphatic rings. The summed E-state index contributed by atoms with van der Waals surface area (Å²) in [5.74, 6) is 0.957. The molecule has 0 aliphatic heterocycles. The summed E-state index contributed by atoms with van der Waals surface area (Å²) in [5, 5.41) is 6.51. The summed E-state index contributed by atoms with van der Waals surface area (Å²) in [5.41, 5.74) is 0. The fourth-order valence-corrected chi connectivity index (χ4v) is 2.10. The van der Waals surface area contributed by atoms with E-state index in [4.69, 9.17) is 9.47 Å². The van der Waals surface area contributed by atoms with Crippen LogP contribution in [0.15, 0.2) is 29.3 Å². The fraction of sp³-hybridized carbons (Fsp3) is 0.611. The molecule has 1 unspecified atom stereocenters. The van der Waals surface area contributed by atoms with E-state index in [1.54, 1.807) is 19.2 Å². The van der Waals surface area contributed by atoms with Crippen LogP contribution in [0.4, 0.5) is 4.39 Å². The van der Waals surface area contributed by atoms with Crippen molar-refractivity contribution in [3.63, 3.8) is 0 Å². The minimum absolute atomic E-state index is 0. The first-order valence-electron chi connectivity index (χ1n) is 8.67. The van der Waals surface area contributed by atoms with E-state index in [9.17, 15) is 4.39 Å². The Labute approximate surface area is 173 Å². The lowest BCUT2D eigenvalue weighted by Crippen LogP contribution is -2.41. The number of halogens is 2. The molecule has 0 heterocycles. The highest BCUT2D eigenvalue weighted by Gasteiger charge is 2.06. The van der Waals surface area contributed by atoms with Crippen LogP contribution in [0, 0.1) is 5.82 Å². The van der Waals surface area contributed by atoms with Crippen LogP contribution in [-0.4, -0.2) is 70.5 Å². The van der Waals surface area contributed by atoms with Gasteiger partial charge in [0.25, 0.3) is 0 Å². The Morgan fingerprint density at radius 2 is 2.08 bits per heavy atom. The second-order valence-corrected chi connectivity index (χ2v) is 5.83. The molecule has 0 fully saturated rings. The van der Waals surface area contributed by atoms with E-state index in [2.05, 4.69) is 27.6 Å². The van der Waals surface area contributed by atoms with Crippen LogP contribution in [0.1, 0.15) is 13.8 Å². The number of hydrogen-bond acceptors (Lipinski definition) is 4. The number of benzene rings is 1. The van der Waals surface area contributed by atoms with Crippen LogP contribution in [0.25, 0.3) is 0 Å². The molecule has 0 radical (unpaired) electrons. The molecular formula is C18H32FIN4O2. The number of rotatable bonds is 11. The first-order valence-corrected chi connectivity index (χ1v) is 8.67. The number of guanidine groups is 1. The number of hydrogen-bond donors (Lipinski definition) is 2. The Kier molecular flexibility index (Phi) is 14.3. The molecular weight excluding hydrogens is 450 g/mol. The third-order valence-electron chi connectivity index (χ3n) is 3.45. The Morgan fingerprint density at radius 3 is 2.73 bits per heavy atom. The van der Waals surface area contributed by atoms with Crippen molar-refractivity contribution in [1.29, 1.82) is 0 Å². The molecule has 0 bridgehead atoms. The van der Waals surface area contributed by atoms with E-state index in [0.29, 0.717) is 12.3 Å². The lowest BCUT2D eigenvalue weighted by atomic mass is 10.3. The number of nitrogens with zero attached hydrogens (tertiary/aromatic N) is 2. The highest BCUT2D eigenvalue weighted by atomic mass is 127. The topological polar surface area (TPSA) is 58.1 Å². The van der Waals surface area contributed by atoms with Crippen LogP contribution in [0.2, 0.25) is 0 Å². The maximum absolute atomic E-state index is 13.2. The zero-order chi connectivity index (χ0) is 18.5. The second kappa shape index (κ2) is 15.0. The van der Waals surface area contributed by atoms with Gasteiger partial charge in [0.2, 0.25) is 0 Å². The summed E-state index contributed by atoms with van der Waals surface area (Å²) in [7, 11) is 3.76. The number of methoxy groups -OCH3 is 1. The molecule has 0 saturated carbocycles. The predicted octanol–water partition coefficient (Wildman–Crippen LogP) is 2.34. The van der Waals surface area contributed by atoms with Crippen LogP contribution in [-0.2, 0) is 4.74 Å². The number of nitrogens with one attached hydrogen (secondary N) is 2. The summed E-state index contributed by atoms with van der Waals surface area (Å²) >= 11 is 0. The SMILES string of the molecule is CCNC(=NCC(C)Oc1cccc(F)c1)NCCN(C)CCOC.I. The minimum atomic E-state index is -0.305. The molecule has 0 amide bonds. The predicted molar refractivity (Wildman–Crippen MR) is 115 cm³/mol. The zero-order valence-corrected chi connectivity index (χ0v) is 18.5. The highest BCUT2D eigenvalue weighted by molar-refractivity contribution is 14.0. The van der Waals surface area contributed by atoms with Gasteiger partial charge in [0.15, 0.2) is 5.96 Å². The maximum atomic E-state index is 13.2. The molecule has 1 atom stereocenters. The smallest absolute Gasteiger partial charge is 0.191 e. The normalized spacial score (nSPS) is 12.5. The molecule has 0 spiro atoms. The van der Waals surface area contributed by atoms with Crippen molar-refractivity contribution in [1.82, 2.24) is 15.5 Å². The van der Waals surface area contributed by atoms with Crippen LogP contribution < -0.4 is 15.4 Å². The van der Waals surface area contributed by atoms with Gasteiger partial charge in [-0.15, -0.1) is 24.0 Å². The molecule has 6 nitrogen and oxygen atoms in total. The lowest BCUT2D eigenvalue weighted by Gasteiger charge is -2.18. The fourth-order valence-electron chi connectivity index (χ4n) is 2.10. The third kappa shape index (κ3) is 11.5. The summed E-state index contributed by atoms with van der Waals surface area (Å²) < 4.78 is 23.9. The van der Waals surface area contributed by atoms with Crippen molar-refractivity contribution in [3.8, 4) is 5.75 Å². The first kappa shape index (κ1) is 24.9. The van der Waals surface area contributed by atoms with E-state index in [0.717, 1.165) is 38.7 Å². The Morgan fingerprint density at radius 1 is 1.31 bits per heavy atom. The van der Waals surface area contributed by atoms with Gasteiger partial charge in [-0.1, -0.05) is 6.07 Å². The van der Waals surface area contributed by atoms with Gasteiger partial charge in [-0.3, -0.25) is 0 Å². The number of likely N-dealkylation sites (N-methyl/N-ethyl adjacent to an activating group) is 1. The second-order valence-electron chi connectivity index (χ2n) is 5.83. The number of aliphatic imine (C=N–C) groups is 1. The van der Waals surface area contributed by atoms with E-state index >= 15 is 0 Å². The van der Waals surface area contributed by atoms with E-state index in [1.807, 2.05) is 13.8 Å². The third-order valence-corrected chi connectivity index (χ3v) is 3.45. The van der Waals surface area contributed by atoms with Crippen molar-refractivity contribution >= 4 is 29.9 Å². The van der Waals surface area contributed by atoms with E-state index in [-0.39, 0.29) is 35.9 Å². The van der Waals surface area contributed by atoms with Crippen molar-refractivity contribution in [3.05, 3.63) is 30.1 Å². The highest BCUT2D eigenvalue weighted by Crippen LogP contribution is 2.13. The minimum Gasteiger partial charge on any atom is -0.489 e. The van der Waals surface area contributed by atoms with Gasteiger partial charge in [0.1, 0.15) is 17.7 Å². The van der Waals surface area contributed by atoms with Gasteiger partial charge in [0, 0.05) is 39.4 Å². The molecule has 1 aromatic carbocycles. The molecule has 150 valence electrons. The average Bonchev–Trinajstić information content (AvgIpc) is 2.58. The Hall–Kier alpha value is -1.13. The summed E-state index contributed by atoms with van der Waals surface area (Å²) in [6, 6.07) is 6.14. The van der Waals surface area contributed by atoms with Gasteiger partial charge >= 0.3 is 0 Å². The number of ether oxygens (including phenoxy) is 2. The van der Waals surface area contributed by atoms with Gasteiger partial charge in [-0.2, -0.15) is 0 Å². The molecule has 0 saturated heterocycles. The first-order chi connectivity index (χ1) is 12.0. The monoisotopic (exact) mass is 482 g/mol. The van der Waals surface area contributed by atoms with Crippen molar-refractivity contribution in [2.75, 3.05) is 53.5 Å². The van der Waals surface area contributed by atoms with Crippen LogP contribution in [0.5, 0.6) is 5.75 Å². The van der Waals surface area contributed by atoms with Gasteiger partial charge in [-0.05, 0) is 33.0 Å². The van der Waals surface area contributed by atoms with Crippen molar-refractivity contribution in [2.45, 2.75) is 20.0 Å². The van der Waals surface area contributed by atoms with Gasteiger partial charge in [0.05, 0.1) is 13.2 Å². The van der Waals surface area contributed by atoms with Crippen molar-refractivity contribution < 1.29 is 13.9 Å². The zero-order valence-electron chi connectivity index (χ0n) is 16.1. The molecule has 26 heavy (non-hydrogen) atoms. The molecule has 1 aromatic rings. The van der Waals surface area contributed by atoms with Crippen LogP contribution in [0.3, 0.4) is 0 Å². The van der Waals surface area contributed by atoms with Crippen LogP contribution >= 0.6 is 24.0 Å². The Bertz CT molecular complexity index is 520. The van der Waals surface area contributed by atoms with Crippen molar-refractivity contribution in [2.24, 2.45) is 4.99 Å². The van der Waals surface area contributed by atoms with Gasteiger partial charge < -0.3 is 25.0 Å². The largest absolute Gasteiger partial charge is 0.489 e.